The van der Waals surface area contributed by atoms with Gasteiger partial charge in [0.1, 0.15) is 10.3 Å². The third kappa shape index (κ3) is 4.15. The molecule has 0 aliphatic carbocycles. The van der Waals surface area contributed by atoms with E-state index in [9.17, 15) is 14.4 Å². The van der Waals surface area contributed by atoms with Crippen molar-refractivity contribution < 1.29 is 19.1 Å². The van der Waals surface area contributed by atoms with Crippen molar-refractivity contribution in [1.82, 2.24) is 4.98 Å². The summed E-state index contributed by atoms with van der Waals surface area (Å²) in [6.07, 6.45) is -0.395. The van der Waals surface area contributed by atoms with Gasteiger partial charge >= 0.3 is 5.97 Å². The third-order valence-corrected chi connectivity index (χ3v) is 3.54. The number of benzene rings is 1. The molecule has 0 atom stereocenters. The van der Waals surface area contributed by atoms with Crippen LogP contribution in [-0.2, 0) is 4.74 Å². The van der Waals surface area contributed by atoms with E-state index in [4.69, 9.17) is 23.2 Å². The van der Waals surface area contributed by atoms with Crippen molar-refractivity contribution in [2.75, 3.05) is 7.11 Å². The number of rotatable bonds is 5. The van der Waals surface area contributed by atoms with Crippen LogP contribution in [0.1, 0.15) is 37.5 Å². The number of Topliss-reactive ketones (excluding diaryl/α,β-unsaturated/α-hetero) is 2. The van der Waals surface area contributed by atoms with Crippen LogP contribution >= 0.6 is 23.2 Å². The number of nitrogens with zero attached hydrogens (tertiary/aromatic N) is 1. The molecule has 1 aromatic heterocycles. The SMILES string of the molecule is COC(=O)c1cccc(C(=O)CC(=O)c2ccc(Cl)nc2Cl)c1. The maximum Gasteiger partial charge on any atom is 0.337 e. The van der Waals surface area contributed by atoms with E-state index in [2.05, 4.69) is 9.72 Å². The molecular formula is C16H11Cl2NO4. The van der Waals surface area contributed by atoms with Gasteiger partial charge in [-0.15, -0.1) is 0 Å². The zero-order valence-electron chi connectivity index (χ0n) is 12.0. The Morgan fingerprint density at radius 1 is 1.04 bits per heavy atom. The van der Waals surface area contributed by atoms with Crippen LogP contribution in [0.15, 0.2) is 36.4 Å². The highest BCUT2D eigenvalue weighted by atomic mass is 35.5. The van der Waals surface area contributed by atoms with Crippen molar-refractivity contribution in [3.05, 3.63) is 63.4 Å². The number of esters is 1. The number of hydrogen-bond donors (Lipinski definition) is 0. The van der Waals surface area contributed by atoms with Crippen LogP contribution in [0, 0.1) is 0 Å². The molecule has 0 amide bonds. The van der Waals surface area contributed by atoms with E-state index in [-0.39, 0.29) is 27.0 Å². The van der Waals surface area contributed by atoms with Gasteiger partial charge in [-0.25, -0.2) is 9.78 Å². The van der Waals surface area contributed by atoms with E-state index in [1.807, 2.05) is 0 Å². The number of carbonyl (C=O) groups excluding carboxylic acids is 3. The second-order valence-corrected chi connectivity index (χ2v) is 5.31. The Labute approximate surface area is 142 Å². The average molecular weight is 352 g/mol. The molecule has 0 unspecified atom stereocenters. The van der Waals surface area contributed by atoms with Crippen LogP contribution in [0.4, 0.5) is 0 Å². The topological polar surface area (TPSA) is 73.3 Å². The third-order valence-electron chi connectivity index (χ3n) is 3.04. The molecule has 2 rings (SSSR count). The molecule has 0 aliphatic heterocycles. The lowest BCUT2D eigenvalue weighted by Gasteiger charge is -2.05. The van der Waals surface area contributed by atoms with Crippen molar-refractivity contribution in [3.8, 4) is 0 Å². The highest BCUT2D eigenvalue weighted by molar-refractivity contribution is 6.35. The van der Waals surface area contributed by atoms with Gasteiger partial charge < -0.3 is 4.74 Å². The molecule has 118 valence electrons. The highest BCUT2D eigenvalue weighted by Gasteiger charge is 2.18. The van der Waals surface area contributed by atoms with Gasteiger partial charge in [-0.3, -0.25) is 9.59 Å². The molecule has 0 spiro atoms. The Morgan fingerprint density at radius 3 is 2.39 bits per heavy atom. The van der Waals surface area contributed by atoms with Gasteiger partial charge in [0.15, 0.2) is 11.6 Å². The van der Waals surface area contributed by atoms with E-state index in [0.717, 1.165) is 0 Å². The first-order valence-corrected chi connectivity index (χ1v) is 7.25. The number of pyridine rings is 1. The molecule has 5 nitrogen and oxygen atoms in total. The van der Waals surface area contributed by atoms with Gasteiger partial charge in [-0.05, 0) is 24.3 Å². The van der Waals surface area contributed by atoms with Crippen molar-refractivity contribution in [2.24, 2.45) is 0 Å². The zero-order valence-corrected chi connectivity index (χ0v) is 13.5. The molecule has 0 bridgehead atoms. The molecule has 23 heavy (non-hydrogen) atoms. The molecule has 0 saturated heterocycles. The number of ketones is 2. The maximum atomic E-state index is 12.2. The van der Waals surface area contributed by atoms with Crippen LogP contribution in [-0.4, -0.2) is 29.6 Å². The summed E-state index contributed by atoms with van der Waals surface area (Å²) in [4.78, 5) is 39.6. The fourth-order valence-electron chi connectivity index (χ4n) is 1.90. The van der Waals surface area contributed by atoms with Crippen molar-refractivity contribution in [1.29, 1.82) is 0 Å². The second kappa shape index (κ2) is 7.35. The van der Waals surface area contributed by atoms with Crippen LogP contribution < -0.4 is 0 Å². The Hall–Kier alpha value is -2.24. The van der Waals surface area contributed by atoms with E-state index in [1.165, 1.54) is 37.4 Å². The minimum atomic E-state index is -0.559. The fraction of sp³-hybridized carbons (Fsp3) is 0.125. The highest BCUT2D eigenvalue weighted by Crippen LogP contribution is 2.19. The summed E-state index contributed by atoms with van der Waals surface area (Å²) in [6.45, 7) is 0. The first-order chi connectivity index (χ1) is 10.9. The summed E-state index contributed by atoms with van der Waals surface area (Å²) in [5.41, 5.74) is 0.588. The van der Waals surface area contributed by atoms with Gasteiger partial charge in [0, 0.05) is 5.56 Å². The van der Waals surface area contributed by atoms with E-state index in [0.29, 0.717) is 0 Å². The Bertz CT molecular complexity index is 789. The van der Waals surface area contributed by atoms with Gasteiger partial charge in [0.2, 0.25) is 0 Å². The molecular weight excluding hydrogens is 341 g/mol. The van der Waals surface area contributed by atoms with Crippen LogP contribution in [0.25, 0.3) is 0 Å². The predicted octanol–water partition coefficient (Wildman–Crippen LogP) is 3.63. The summed E-state index contributed by atoms with van der Waals surface area (Å²) in [5, 5.41) is 0.0993. The molecule has 0 saturated carbocycles. The fourth-order valence-corrected chi connectivity index (χ4v) is 2.35. The van der Waals surface area contributed by atoms with Crippen LogP contribution in [0.3, 0.4) is 0 Å². The van der Waals surface area contributed by atoms with E-state index < -0.39 is 24.0 Å². The second-order valence-electron chi connectivity index (χ2n) is 4.57. The van der Waals surface area contributed by atoms with Gasteiger partial charge in [0.05, 0.1) is 24.7 Å². The largest absolute Gasteiger partial charge is 0.465 e. The molecule has 1 heterocycles. The van der Waals surface area contributed by atoms with Gasteiger partial charge in [0.25, 0.3) is 0 Å². The summed E-state index contributed by atoms with van der Waals surface area (Å²) in [5.74, 6) is -1.48. The molecule has 0 aliphatic rings. The lowest BCUT2D eigenvalue weighted by Crippen LogP contribution is -2.11. The number of aromatic nitrogens is 1. The Kier molecular flexibility index (Phi) is 5.47. The lowest BCUT2D eigenvalue weighted by atomic mass is 10.0. The molecule has 2 aromatic rings. The molecule has 7 heteroatoms. The smallest absolute Gasteiger partial charge is 0.337 e. The summed E-state index contributed by atoms with van der Waals surface area (Å²) in [6, 6.07) is 8.79. The summed E-state index contributed by atoms with van der Waals surface area (Å²) >= 11 is 11.5. The first-order valence-electron chi connectivity index (χ1n) is 6.49. The van der Waals surface area contributed by atoms with Crippen molar-refractivity contribution in [2.45, 2.75) is 6.42 Å². The number of carbonyl (C=O) groups is 3. The minimum absolute atomic E-state index is 0.0568. The van der Waals surface area contributed by atoms with Crippen LogP contribution in [0.2, 0.25) is 10.3 Å². The zero-order chi connectivity index (χ0) is 17.0. The molecule has 1 aromatic carbocycles. The van der Waals surface area contributed by atoms with Gasteiger partial charge in [-0.2, -0.15) is 0 Å². The maximum absolute atomic E-state index is 12.2. The number of methoxy groups -OCH3 is 1. The lowest BCUT2D eigenvalue weighted by molar-refractivity contribution is 0.0600. The predicted molar refractivity (Wildman–Crippen MR) is 85.3 cm³/mol. The first kappa shape index (κ1) is 17.1. The van der Waals surface area contributed by atoms with Crippen molar-refractivity contribution in [3.63, 3.8) is 0 Å². The molecule has 0 fully saturated rings. The average Bonchev–Trinajstić information content (AvgIpc) is 2.54. The number of ether oxygens (including phenoxy) is 1. The van der Waals surface area contributed by atoms with Crippen molar-refractivity contribution >= 4 is 40.7 Å². The normalized spacial score (nSPS) is 10.2. The minimum Gasteiger partial charge on any atom is -0.465 e. The standard InChI is InChI=1S/C16H11Cl2NO4/c1-23-16(22)10-4-2-3-9(7-10)12(20)8-13(21)11-5-6-14(17)19-15(11)18/h2-7H,8H2,1H3. The monoisotopic (exact) mass is 351 g/mol. The van der Waals surface area contributed by atoms with Gasteiger partial charge in [-0.1, -0.05) is 35.3 Å². The summed E-state index contributed by atoms with van der Waals surface area (Å²) < 4.78 is 4.59. The number of hydrogen-bond acceptors (Lipinski definition) is 5. The quantitative estimate of drug-likeness (QED) is 0.356. The summed E-state index contributed by atoms with van der Waals surface area (Å²) in [7, 11) is 1.25. The van der Waals surface area contributed by atoms with E-state index >= 15 is 0 Å². The number of halogens is 2. The molecule has 0 N–H and O–H groups in total. The van der Waals surface area contributed by atoms with Crippen LogP contribution in [0.5, 0.6) is 0 Å². The van der Waals surface area contributed by atoms with E-state index in [1.54, 1.807) is 6.07 Å². The molecule has 0 radical (unpaired) electrons. The Morgan fingerprint density at radius 2 is 1.74 bits per heavy atom. The Balaban J connectivity index is 2.18.